The van der Waals surface area contributed by atoms with Crippen molar-refractivity contribution in [3.05, 3.63) is 58.9 Å². The Morgan fingerprint density at radius 3 is 2.72 bits per heavy atom. The minimum atomic E-state index is -3.89. The number of nitrogens with zero attached hydrogens (tertiary/aromatic N) is 4. The lowest BCUT2D eigenvalue weighted by atomic mass is 9.94. The van der Waals surface area contributed by atoms with Crippen molar-refractivity contribution < 1.29 is 17.9 Å². The summed E-state index contributed by atoms with van der Waals surface area (Å²) in [5.74, 6) is 0.365. The van der Waals surface area contributed by atoms with Crippen LogP contribution >= 0.6 is 11.6 Å². The maximum atomic E-state index is 13.8. The van der Waals surface area contributed by atoms with Gasteiger partial charge in [0.15, 0.2) is 0 Å². The number of fused-ring (bicyclic) bond motifs is 1. The van der Waals surface area contributed by atoms with Gasteiger partial charge in [-0.25, -0.2) is 13.4 Å². The van der Waals surface area contributed by atoms with E-state index in [0.717, 1.165) is 42.7 Å². The van der Waals surface area contributed by atoms with Crippen molar-refractivity contribution in [2.45, 2.75) is 49.6 Å². The Kier molecular flexibility index (Phi) is 8.30. The standard InChI is InChI=1S/C28H36ClN5O4S/c1-19-8-5-10-22(29)26(19)39(36,37)33-17-21(23(30)18-33)28(35)32-13-6-9-20(16-32)27-31-24-11-3-4-12-25(24)34(27)14-7-15-38-2/h3-5,8,10-12,20-21,23H,6-7,9,13-18,30H2,1-2H3/t20?,21-,23-/m1/s1. The molecule has 210 valence electrons. The van der Waals surface area contributed by atoms with Crippen LogP contribution < -0.4 is 5.73 Å². The van der Waals surface area contributed by atoms with Crippen molar-refractivity contribution in [1.82, 2.24) is 18.8 Å². The number of nitrogens with two attached hydrogens (primary N) is 1. The van der Waals surface area contributed by atoms with E-state index in [0.29, 0.717) is 25.3 Å². The highest BCUT2D eigenvalue weighted by Crippen LogP contribution is 2.34. The fraction of sp³-hybridized carbons (Fsp3) is 0.500. The van der Waals surface area contributed by atoms with Crippen molar-refractivity contribution in [2.24, 2.45) is 11.7 Å². The monoisotopic (exact) mass is 573 g/mol. The van der Waals surface area contributed by atoms with Crippen LogP contribution in [0.15, 0.2) is 47.4 Å². The molecule has 2 N–H and O–H groups in total. The zero-order chi connectivity index (χ0) is 27.7. The van der Waals surface area contributed by atoms with E-state index in [1.807, 2.05) is 23.1 Å². The van der Waals surface area contributed by atoms with Crippen LogP contribution in [0, 0.1) is 12.8 Å². The third-order valence-electron chi connectivity index (χ3n) is 7.92. The van der Waals surface area contributed by atoms with Gasteiger partial charge in [0.25, 0.3) is 0 Å². The number of hydrogen-bond acceptors (Lipinski definition) is 6. The average molecular weight is 574 g/mol. The molecule has 3 atom stereocenters. The molecule has 1 amide bonds. The van der Waals surface area contributed by atoms with Gasteiger partial charge < -0.3 is 19.9 Å². The van der Waals surface area contributed by atoms with Crippen LogP contribution in [0.5, 0.6) is 0 Å². The number of imidazole rings is 1. The molecule has 2 aliphatic heterocycles. The number of piperidine rings is 1. The van der Waals surface area contributed by atoms with Gasteiger partial charge in [-0.15, -0.1) is 0 Å². The van der Waals surface area contributed by atoms with Crippen molar-refractivity contribution in [2.75, 3.05) is 39.9 Å². The summed E-state index contributed by atoms with van der Waals surface area (Å²) < 4.78 is 35.8. The van der Waals surface area contributed by atoms with Crippen LogP contribution in [-0.4, -0.2) is 79.0 Å². The molecule has 1 aromatic heterocycles. The molecule has 3 aromatic rings. The predicted octanol–water partition coefficient (Wildman–Crippen LogP) is 3.39. The molecule has 2 aromatic carbocycles. The maximum absolute atomic E-state index is 13.8. The van der Waals surface area contributed by atoms with Crippen LogP contribution in [0.3, 0.4) is 0 Å². The highest BCUT2D eigenvalue weighted by molar-refractivity contribution is 7.89. The van der Waals surface area contributed by atoms with E-state index in [9.17, 15) is 13.2 Å². The Labute approximate surface area is 234 Å². The summed E-state index contributed by atoms with van der Waals surface area (Å²) in [6.07, 6.45) is 2.65. The summed E-state index contributed by atoms with van der Waals surface area (Å²) in [7, 11) is -2.19. The van der Waals surface area contributed by atoms with Crippen LogP contribution in [0.4, 0.5) is 0 Å². The molecule has 0 spiro atoms. The summed E-state index contributed by atoms with van der Waals surface area (Å²) in [6.45, 7) is 4.45. The number of benzene rings is 2. The first kappa shape index (κ1) is 28.0. The number of ether oxygens (including phenoxy) is 1. The Balaban J connectivity index is 1.34. The van der Waals surface area contributed by atoms with Gasteiger partial charge in [0.2, 0.25) is 15.9 Å². The van der Waals surface area contributed by atoms with Crippen LogP contribution in [0.25, 0.3) is 11.0 Å². The van der Waals surface area contributed by atoms with Gasteiger partial charge in [-0.05, 0) is 49.9 Å². The molecule has 2 aliphatic rings. The molecule has 3 heterocycles. The van der Waals surface area contributed by atoms with Crippen molar-refractivity contribution in [3.63, 3.8) is 0 Å². The summed E-state index contributed by atoms with van der Waals surface area (Å²) in [5, 5.41) is 0.172. The second kappa shape index (κ2) is 11.5. The summed E-state index contributed by atoms with van der Waals surface area (Å²) in [4.78, 5) is 20.7. The number of methoxy groups -OCH3 is 1. The topological polar surface area (TPSA) is 111 Å². The first-order chi connectivity index (χ1) is 18.7. The van der Waals surface area contributed by atoms with Crippen molar-refractivity contribution in [3.8, 4) is 0 Å². The summed E-state index contributed by atoms with van der Waals surface area (Å²) in [6, 6.07) is 12.5. The third-order valence-corrected chi connectivity index (χ3v) is 10.4. The number of carbonyl (C=O) groups excluding carboxylic acids is 1. The zero-order valence-corrected chi connectivity index (χ0v) is 24.0. The summed E-state index contributed by atoms with van der Waals surface area (Å²) >= 11 is 6.28. The number of hydrogen-bond donors (Lipinski definition) is 1. The average Bonchev–Trinajstić information content (AvgIpc) is 3.49. The van der Waals surface area contributed by atoms with Gasteiger partial charge in [-0.2, -0.15) is 4.31 Å². The Morgan fingerprint density at radius 2 is 1.95 bits per heavy atom. The fourth-order valence-corrected chi connectivity index (χ4v) is 8.24. The number of carbonyl (C=O) groups is 1. The van der Waals surface area contributed by atoms with Gasteiger partial charge in [0.05, 0.1) is 22.0 Å². The Hall–Kier alpha value is -2.50. The second-order valence-electron chi connectivity index (χ2n) is 10.6. The number of para-hydroxylation sites is 2. The van der Waals surface area contributed by atoms with Gasteiger partial charge in [-0.1, -0.05) is 35.9 Å². The van der Waals surface area contributed by atoms with Crippen molar-refractivity contribution >= 4 is 38.6 Å². The SMILES string of the molecule is COCCCn1c(C2CCCN(C(=O)[C@@H]3CN(S(=O)(=O)c4c(C)cccc4Cl)C[C@H]3N)C2)nc2ccccc21. The summed E-state index contributed by atoms with van der Waals surface area (Å²) in [5.41, 5.74) is 9.00. The number of likely N-dealkylation sites (tertiary alicyclic amines) is 1. The number of rotatable bonds is 8. The minimum absolute atomic E-state index is 0.0453. The first-order valence-corrected chi connectivity index (χ1v) is 15.3. The Bertz CT molecular complexity index is 1440. The van der Waals surface area contributed by atoms with Gasteiger partial charge in [-0.3, -0.25) is 4.79 Å². The molecule has 1 unspecified atom stereocenters. The maximum Gasteiger partial charge on any atom is 0.244 e. The number of aromatic nitrogens is 2. The molecule has 5 rings (SSSR count). The van der Waals surface area contributed by atoms with E-state index in [1.54, 1.807) is 32.2 Å². The van der Waals surface area contributed by atoms with E-state index in [1.165, 1.54) is 4.31 Å². The van der Waals surface area contributed by atoms with E-state index < -0.39 is 22.0 Å². The largest absolute Gasteiger partial charge is 0.385 e. The zero-order valence-electron chi connectivity index (χ0n) is 22.4. The quantitative estimate of drug-likeness (QED) is 0.414. The molecule has 11 heteroatoms. The van der Waals surface area contributed by atoms with Crippen LogP contribution in [0.1, 0.15) is 36.6 Å². The second-order valence-corrected chi connectivity index (χ2v) is 12.8. The normalized spacial score (nSPS) is 22.6. The smallest absolute Gasteiger partial charge is 0.244 e. The number of halogens is 1. The lowest BCUT2D eigenvalue weighted by Gasteiger charge is -2.35. The molecule has 0 radical (unpaired) electrons. The van der Waals surface area contributed by atoms with Gasteiger partial charge in [0.1, 0.15) is 10.7 Å². The number of aryl methyl sites for hydroxylation is 2. The first-order valence-electron chi connectivity index (χ1n) is 13.5. The van der Waals surface area contributed by atoms with E-state index in [4.69, 9.17) is 27.1 Å². The molecule has 9 nitrogen and oxygen atoms in total. The lowest BCUT2D eigenvalue weighted by Crippen LogP contribution is -2.47. The molecule has 0 bridgehead atoms. The fourth-order valence-electron chi connectivity index (χ4n) is 5.95. The molecule has 39 heavy (non-hydrogen) atoms. The van der Waals surface area contributed by atoms with E-state index in [2.05, 4.69) is 10.6 Å². The molecule has 0 saturated carbocycles. The van der Waals surface area contributed by atoms with E-state index in [-0.39, 0.29) is 34.8 Å². The molecule has 2 saturated heterocycles. The van der Waals surface area contributed by atoms with E-state index >= 15 is 0 Å². The minimum Gasteiger partial charge on any atom is -0.385 e. The molecule has 0 aliphatic carbocycles. The molecular formula is C28H36ClN5O4S. The van der Waals surface area contributed by atoms with Crippen LogP contribution in [0.2, 0.25) is 5.02 Å². The number of sulfonamides is 1. The Morgan fingerprint density at radius 1 is 1.15 bits per heavy atom. The predicted molar refractivity (Wildman–Crippen MR) is 151 cm³/mol. The molecular weight excluding hydrogens is 538 g/mol. The number of amides is 1. The third kappa shape index (κ3) is 5.45. The van der Waals surface area contributed by atoms with Crippen LogP contribution in [-0.2, 0) is 26.1 Å². The lowest BCUT2D eigenvalue weighted by molar-refractivity contribution is -0.136. The van der Waals surface area contributed by atoms with Gasteiger partial charge in [0, 0.05) is 58.4 Å². The van der Waals surface area contributed by atoms with Crippen molar-refractivity contribution in [1.29, 1.82) is 0 Å². The van der Waals surface area contributed by atoms with Gasteiger partial charge >= 0.3 is 0 Å². The molecule has 2 fully saturated rings. The highest BCUT2D eigenvalue weighted by atomic mass is 35.5. The highest BCUT2D eigenvalue weighted by Gasteiger charge is 2.44.